The number of hydrogen-bond donors (Lipinski definition) is 2. The zero-order valence-corrected chi connectivity index (χ0v) is 14.1. The van der Waals surface area contributed by atoms with Crippen LogP contribution in [0.4, 0.5) is 19.0 Å². The summed E-state index contributed by atoms with van der Waals surface area (Å²) in [6, 6.07) is 3.36. The molecular weight excluding hydrogens is 361 g/mol. The number of halogens is 3. The van der Waals surface area contributed by atoms with E-state index in [4.69, 9.17) is 0 Å². The molecule has 2 aromatic heterocycles. The Bertz CT molecular complexity index is 793. The van der Waals surface area contributed by atoms with E-state index in [1.807, 2.05) is 0 Å². The maximum absolute atomic E-state index is 12.1. The van der Waals surface area contributed by atoms with E-state index in [-0.39, 0.29) is 13.1 Å². The Kier molecular flexibility index (Phi) is 5.95. The van der Waals surface area contributed by atoms with Gasteiger partial charge in [-0.25, -0.2) is 27.8 Å². The summed E-state index contributed by atoms with van der Waals surface area (Å²) in [7, 11) is -3.98. The Labute approximate surface area is 142 Å². The zero-order chi connectivity index (χ0) is 18.5. The van der Waals surface area contributed by atoms with E-state index in [9.17, 15) is 21.6 Å². The summed E-state index contributed by atoms with van der Waals surface area (Å²) in [6.07, 6.45) is -2.58. The van der Waals surface area contributed by atoms with Gasteiger partial charge in [-0.2, -0.15) is 18.3 Å². The lowest BCUT2D eigenvalue weighted by Gasteiger charge is -2.10. The highest BCUT2D eigenvalue weighted by Crippen LogP contribution is 2.19. The first-order valence-corrected chi connectivity index (χ1v) is 8.93. The van der Waals surface area contributed by atoms with Crippen molar-refractivity contribution in [1.82, 2.24) is 24.5 Å². The van der Waals surface area contributed by atoms with Crippen LogP contribution in [0.5, 0.6) is 0 Å². The van der Waals surface area contributed by atoms with Gasteiger partial charge in [0.05, 0.1) is 12.2 Å². The molecule has 0 bridgehead atoms. The molecule has 8 nitrogen and oxygen atoms in total. The second-order valence-electron chi connectivity index (χ2n) is 5.11. The van der Waals surface area contributed by atoms with Crippen molar-refractivity contribution in [3.05, 3.63) is 30.4 Å². The Morgan fingerprint density at radius 2 is 2.00 bits per heavy atom. The molecule has 0 unspecified atom stereocenters. The van der Waals surface area contributed by atoms with E-state index in [1.165, 1.54) is 0 Å². The van der Waals surface area contributed by atoms with Gasteiger partial charge in [0.25, 0.3) is 0 Å². The third kappa shape index (κ3) is 6.66. The van der Waals surface area contributed by atoms with E-state index < -0.39 is 28.4 Å². The summed E-state index contributed by atoms with van der Waals surface area (Å²) in [5.74, 6) is 0.478. The maximum atomic E-state index is 12.1. The molecule has 0 aromatic carbocycles. The van der Waals surface area contributed by atoms with Crippen LogP contribution in [0, 0.1) is 6.92 Å². The van der Waals surface area contributed by atoms with Gasteiger partial charge in [-0.3, -0.25) is 0 Å². The predicted octanol–water partition coefficient (Wildman–Crippen LogP) is 1.25. The van der Waals surface area contributed by atoms with Crippen LogP contribution < -0.4 is 10.0 Å². The average Bonchev–Trinajstić information content (AvgIpc) is 3.03. The molecule has 2 aromatic rings. The molecule has 0 radical (unpaired) electrons. The van der Waals surface area contributed by atoms with Crippen molar-refractivity contribution in [2.75, 3.05) is 24.2 Å². The Morgan fingerprint density at radius 3 is 2.64 bits per heavy atom. The molecule has 2 N–H and O–H groups in total. The number of alkyl halides is 3. The highest BCUT2D eigenvalue weighted by molar-refractivity contribution is 7.89. The van der Waals surface area contributed by atoms with E-state index >= 15 is 0 Å². The predicted molar refractivity (Wildman–Crippen MR) is 84.8 cm³/mol. The van der Waals surface area contributed by atoms with E-state index in [1.54, 1.807) is 36.1 Å². The van der Waals surface area contributed by atoms with Crippen LogP contribution in [0.25, 0.3) is 5.82 Å². The van der Waals surface area contributed by atoms with Crippen LogP contribution >= 0.6 is 0 Å². The number of nitrogens with zero attached hydrogens (tertiary/aromatic N) is 4. The molecule has 0 amide bonds. The third-order valence-corrected chi connectivity index (χ3v) is 4.36. The first-order valence-electron chi connectivity index (χ1n) is 7.28. The van der Waals surface area contributed by atoms with Gasteiger partial charge >= 0.3 is 6.18 Å². The quantitative estimate of drug-likeness (QED) is 0.671. The van der Waals surface area contributed by atoms with Crippen LogP contribution in [0.3, 0.4) is 0 Å². The van der Waals surface area contributed by atoms with E-state index in [0.29, 0.717) is 17.5 Å². The molecule has 0 saturated heterocycles. The molecule has 0 aliphatic heterocycles. The van der Waals surface area contributed by atoms with Gasteiger partial charge in [0.15, 0.2) is 5.82 Å². The number of hydrogen-bond acceptors (Lipinski definition) is 6. The third-order valence-electron chi connectivity index (χ3n) is 2.97. The average molecular weight is 378 g/mol. The van der Waals surface area contributed by atoms with Crippen molar-refractivity contribution >= 4 is 15.8 Å². The number of aromatic nitrogens is 4. The zero-order valence-electron chi connectivity index (χ0n) is 13.3. The minimum Gasteiger partial charge on any atom is -0.369 e. The SMILES string of the molecule is Cc1nc(NCCNS(=O)(=O)CCC(F)(F)F)cc(-n2cccn2)n1. The summed E-state index contributed by atoms with van der Waals surface area (Å²) in [5.41, 5.74) is 0. The van der Waals surface area contributed by atoms with Crippen molar-refractivity contribution in [2.24, 2.45) is 0 Å². The summed E-state index contributed by atoms with van der Waals surface area (Å²) >= 11 is 0. The molecule has 0 atom stereocenters. The summed E-state index contributed by atoms with van der Waals surface area (Å²) in [4.78, 5) is 8.38. The molecule has 2 rings (SSSR count). The lowest BCUT2D eigenvalue weighted by molar-refractivity contribution is -0.129. The lowest BCUT2D eigenvalue weighted by atomic mass is 10.4. The lowest BCUT2D eigenvalue weighted by Crippen LogP contribution is -2.32. The van der Waals surface area contributed by atoms with Crippen molar-refractivity contribution in [1.29, 1.82) is 0 Å². The number of rotatable bonds is 8. The second kappa shape index (κ2) is 7.78. The minimum absolute atomic E-state index is 0.0691. The molecule has 0 saturated carbocycles. The molecule has 0 fully saturated rings. The summed E-state index contributed by atoms with van der Waals surface area (Å²) in [5, 5.41) is 6.94. The van der Waals surface area contributed by atoms with Crippen LogP contribution in [-0.2, 0) is 10.0 Å². The van der Waals surface area contributed by atoms with Crippen LogP contribution in [0.15, 0.2) is 24.5 Å². The van der Waals surface area contributed by atoms with Gasteiger partial charge in [0, 0.05) is 31.5 Å². The largest absolute Gasteiger partial charge is 0.390 e. The van der Waals surface area contributed by atoms with E-state index in [0.717, 1.165) is 0 Å². The molecule has 2 heterocycles. The molecular formula is C13H17F3N6O2S. The maximum Gasteiger partial charge on any atom is 0.390 e. The minimum atomic E-state index is -4.51. The van der Waals surface area contributed by atoms with Crippen LogP contribution in [-0.4, -0.2) is 53.2 Å². The Morgan fingerprint density at radius 1 is 1.24 bits per heavy atom. The fourth-order valence-electron chi connectivity index (χ4n) is 1.88. The molecule has 0 aliphatic carbocycles. The fourth-order valence-corrected chi connectivity index (χ4v) is 2.94. The van der Waals surface area contributed by atoms with Crippen LogP contribution in [0.2, 0.25) is 0 Å². The van der Waals surface area contributed by atoms with E-state index in [2.05, 4.69) is 25.1 Å². The first-order chi connectivity index (χ1) is 11.6. The van der Waals surface area contributed by atoms with Gasteiger partial charge in [0.2, 0.25) is 10.0 Å². The van der Waals surface area contributed by atoms with Gasteiger partial charge in [0.1, 0.15) is 11.6 Å². The summed E-state index contributed by atoms with van der Waals surface area (Å²) in [6.45, 7) is 1.78. The number of anilines is 1. The summed E-state index contributed by atoms with van der Waals surface area (Å²) < 4.78 is 62.8. The van der Waals surface area contributed by atoms with Gasteiger partial charge in [-0.05, 0) is 13.0 Å². The molecule has 25 heavy (non-hydrogen) atoms. The highest BCUT2D eigenvalue weighted by Gasteiger charge is 2.29. The van der Waals surface area contributed by atoms with Crippen molar-refractivity contribution < 1.29 is 21.6 Å². The monoisotopic (exact) mass is 378 g/mol. The first kappa shape index (κ1) is 19.1. The van der Waals surface area contributed by atoms with Gasteiger partial charge in [-0.15, -0.1) is 0 Å². The standard InChI is InChI=1S/C13H17F3N6O2S/c1-10-20-11(9-12(21-10)22-7-2-4-18-22)17-5-6-19-25(23,24)8-3-13(14,15)16/h2,4,7,9,19H,3,5-6,8H2,1H3,(H,17,20,21). The highest BCUT2D eigenvalue weighted by atomic mass is 32.2. The molecule has 0 aliphatic rings. The van der Waals surface area contributed by atoms with Crippen molar-refractivity contribution in [2.45, 2.75) is 19.5 Å². The Balaban J connectivity index is 1.86. The van der Waals surface area contributed by atoms with Gasteiger partial charge in [-0.1, -0.05) is 0 Å². The van der Waals surface area contributed by atoms with Crippen molar-refractivity contribution in [3.8, 4) is 5.82 Å². The number of nitrogens with one attached hydrogen (secondary N) is 2. The van der Waals surface area contributed by atoms with Crippen molar-refractivity contribution in [3.63, 3.8) is 0 Å². The van der Waals surface area contributed by atoms with Crippen LogP contribution in [0.1, 0.15) is 12.2 Å². The fraction of sp³-hybridized carbons (Fsp3) is 0.462. The molecule has 12 heteroatoms. The number of sulfonamides is 1. The number of aryl methyl sites for hydroxylation is 1. The molecule has 138 valence electrons. The normalized spacial score (nSPS) is 12.3. The molecule has 0 spiro atoms. The Hall–Kier alpha value is -2.21. The second-order valence-corrected chi connectivity index (χ2v) is 7.04. The smallest absolute Gasteiger partial charge is 0.369 e. The topological polar surface area (TPSA) is 102 Å². The van der Waals surface area contributed by atoms with Gasteiger partial charge < -0.3 is 5.32 Å².